The van der Waals surface area contributed by atoms with Crippen LogP contribution in [0.15, 0.2) is 186 Å². The molecule has 0 radical (unpaired) electrons. The average Bonchev–Trinajstić information content (AvgIpc) is 3.75. The van der Waals surface area contributed by atoms with E-state index in [-0.39, 0.29) is 0 Å². The number of aromatic nitrogens is 2. The molecule has 0 fully saturated rings. The monoisotopic (exact) mass is 691 g/mol. The van der Waals surface area contributed by atoms with Gasteiger partial charge in [-0.15, -0.1) is 0 Å². The molecule has 8 aromatic carbocycles. The SMILES string of the molecule is N#Cc1ccc(-c2cccc3c2-c2cc(-n4c(-c5ccc6ccccc6c5)nc5ccccc54)ccc2C32c3ccccc3Sc3ccccc32)cc1. The lowest BCUT2D eigenvalue weighted by atomic mass is 9.67. The van der Waals surface area contributed by atoms with E-state index < -0.39 is 5.41 Å². The molecule has 11 rings (SSSR count). The summed E-state index contributed by atoms with van der Waals surface area (Å²) in [6.45, 7) is 0. The van der Waals surface area contributed by atoms with Crippen molar-refractivity contribution < 1.29 is 0 Å². The number of nitriles is 1. The summed E-state index contributed by atoms with van der Waals surface area (Å²) in [5, 5.41) is 12.0. The number of benzene rings is 8. The third-order valence-corrected chi connectivity index (χ3v) is 12.3. The lowest BCUT2D eigenvalue weighted by molar-refractivity contribution is 0.722. The molecule has 1 aliphatic carbocycles. The van der Waals surface area contributed by atoms with Gasteiger partial charge in [0.25, 0.3) is 0 Å². The van der Waals surface area contributed by atoms with E-state index >= 15 is 0 Å². The Kier molecular flexibility index (Phi) is 6.46. The van der Waals surface area contributed by atoms with E-state index in [2.05, 4.69) is 174 Å². The first-order chi connectivity index (χ1) is 26.2. The summed E-state index contributed by atoms with van der Waals surface area (Å²) in [4.78, 5) is 7.81. The Morgan fingerprint density at radius 1 is 0.528 bits per heavy atom. The summed E-state index contributed by atoms with van der Waals surface area (Å²) in [6.07, 6.45) is 0. The number of rotatable bonds is 3. The van der Waals surface area contributed by atoms with Crippen molar-refractivity contribution in [2.24, 2.45) is 0 Å². The van der Waals surface area contributed by atoms with Gasteiger partial charge in [-0.2, -0.15) is 5.26 Å². The van der Waals surface area contributed by atoms with Crippen LogP contribution in [-0.4, -0.2) is 9.55 Å². The zero-order chi connectivity index (χ0) is 35.1. The third kappa shape index (κ3) is 4.26. The Morgan fingerprint density at radius 2 is 1.21 bits per heavy atom. The van der Waals surface area contributed by atoms with Gasteiger partial charge in [0, 0.05) is 21.0 Å². The smallest absolute Gasteiger partial charge is 0.145 e. The summed E-state index contributed by atoms with van der Waals surface area (Å²) in [5.74, 6) is 0.912. The van der Waals surface area contributed by atoms with Crippen LogP contribution in [0.25, 0.3) is 61.1 Å². The number of hydrogen-bond donors (Lipinski definition) is 0. The topological polar surface area (TPSA) is 41.6 Å². The molecule has 246 valence electrons. The van der Waals surface area contributed by atoms with Crippen LogP contribution in [-0.2, 0) is 5.41 Å². The van der Waals surface area contributed by atoms with Crippen LogP contribution in [0.5, 0.6) is 0 Å². The van der Waals surface area contributed by atoms with E-state index in [4.69, 9.17) is 4.98 Å². The van der Waals surface area contributed by atoms with Crippen molar-refractivity contribution in [2.75, 3.05) is 0 Å². The number of para-hydroxylation sites is 2. The second-order valence-electron chi connectivity index (χ2n) is 13.8. The zero-order valence-corrected chi connectivity index (χ0v) is 29.3. The Hall–Kier alpha value is -6.67. The fraction of sp³-hybridized carbons (Fsp3) is 0.0204. The molecule has 1 spiro atoms. The van der Waals surface area contributed by atoms with Crippen molar-refractivity contribution >= 4 is 33.6 Å². The maximum atomic E-state index is 9.63. The molecule has 0 saturated carbocycles. The molecule has 0 N–H and O–H groups in total. The van der Waals surface area contributed by atoms with Crippen molar-refractivity contribution in [2.45, 2.75) is 15.2 Å². The number of imidazole rings is 1. The predicted octanol–water partition coefficient (Wildman–Crippen LogP) is 12.2. The first-order valence-electron chi connectivity index (χ1n) is 17.9. The predicted molar refractivity (Wildman–Crippen MR) is 216 cm³/mol. The highest BCUT2D eigenvalue weighted by atomic mass is 32.2. The second kappa shape index (κ2) is 11.4. The molecule has 9 aromatic rings. The van der Waals surface area contributed by atoms with Gasteiger partial charge >= 0.3 is 0 Å². The third-order valence-electron chi connectivity index (χ3n) is 11.1. The maximum absolute atomic E-state index is 9.63. The first kappa shape index (κ1) is 30.0. The molecule has 4 heteroatoms. The molecule has 2 heterocycles. The van der Waals surface area contributed by atoms with E-state index in [9.17, 15) is 5.26 Å². The van der Waals surface area contributed by atoms with Crippen LogP contribution >= 0.6 is 11.8 Å². The van der Waals surface area contributed by atoms with Crippen LogP contribution < -0.4 is 0 Å². The van der Waals surface area contributed by atoms with Crippen LogP contribution in [0.2, 0.25) is 0 Å². The van der Waals surface area contributed by atoms with Gasteiger partial charge in [-0.05, 0) is 110 Å². The molecule has 0 amide bonds. The number of hydrogen-bond acceptors (Lipinski definition) is 3. The Morgan fingerprint density at radius 3 is 2.00 bits per heavy atom. The van der Waals surface area contributed by atoms with Gasteiger partial charge in [0.15, 0.2) is 0 Å². The van der Waals surface area contributed by atoms with Gasteiger partial charge < -0.3 is 0 Å². The summed E-state index contributed by atoms with van der Waals surface area (Å²) < 4.78 is 2.33. The molecular weight excluding hydrogens is 663 g/mol. The van der Waals surface area contributed by atoms with E-state index in [1.54, 1.807) is 0 Å². The van der Waals surface area contributed by atoms with Crippen molar-refractivity contribution in [3.8, 4) is 45.4 Å². The summed E-state index contributed by atoms with van der Waals surface area (Å²) >= 11 is 1.86. The lowest BCUT2D eigenvalue weighted by Gasteiger charge is -2.39. The molecular formula is C49H29N3S. The van der Waals surface area contributed by atoms with Crippen LogP contribution in [0.4, 0.5) is 0 Å². The van der Waals surface area contributed by atoms with Crippen LogP contribution in [0.3, 0.4) is 0 Å². The molecule has 1 aromatic heterocycles. The van der Waals surface area contributed by atoms with E-state index in [1.165, 1.54) is 53.9 Å². The Bertz CT molecular complexity index is 2960. The molecule has 3 nitrogen and oxygen atoms in total. The molecule has 2 aliphatic rings. The van der Waals surface area contributed by atoms with Crippen LogP contribution in [0, 0.1) is 11.3 Å². The highest BCUT2D eigenvalue weighted by Gasteiger charge is 2.50. The Labute approximate surface area is 311 Å². The first-order valence-corrected chi connectivity index (χ1v) is 18.7. The minimum absolute atomic E-state index is 0.511. The van der Waals surface area contributed by atoms with Crippen LogP contribution in [0.1, 0.15) is 27.8 Å². The lowest BCUT2D eigenvalue weighted by Crippen LogP contribution is -2.31. The van der Waals surface area contributed by atoms with E-state index in [1.807, 2.05) is 23.9 Å². The largest absolute Gasteiger partial charge is 0.292 e. The highest BCUT2D eigenvalue weighted by Crippen LogP contribution is 2.63. The van der Waals surface area contributed by atoms with Crippen molar-refractivity contribution in [3.63, 3.8) is 0 Å². The van der Waals surface area contributed by atoms with E-state index in [0.717, 1.165) is 39.2 Å². The van der Waals surface area contributed by atoms with Crippen molar-refractivity contribution in [1.82, 2.24) is 9.55 Å². The quantitative estimate of drug-likeness (QED) is 0.185. The molecule has 0 atom stereocenters. The van der Waals surface area contributed by atoms with E-state index in [0.29, 0.717) is 5.56 Å². The second-order valence-corrected chi connectivity index (χ2v) is 14.9. The standard InChI is InChI=1S/C49H29N3S/c50-30-31-20-22-33(23-21-31)37-12-9-15-42-47(37)38-29-36(26-27-39(38)49(42)40-13-3-7-18-45(40)53-46-19-8-4-14-41(46)49)52-44-17-6-5-16-43(44)51-48(52)35-25-24-32-10-1-2-11-34(32)28-35/h1-29H. The molecule has 0 bridgehead atoms. The van der Waals surface area contributed by atoms with Gasteiger partial charge in [0.2, 0.25) is 0 Å². The van der Waals surface area contributed by atoms with Gasteiger partial charge in [0.1, 0.15) is 5.82 Å². The number of nitrogens with zero attached hydrogens (tertiary/aromatic N) is 3. The summed E-state index contributed by atoms with van der Waals surface area (Å²) in [7, 11) is 0. The average molecular weight is 692 g/mol. The Balaban J connectivity index is 1.23. The maximum Gasteiger partial charge on any atom is 0.145 e. The van der Waals surface area contributed by atoms with Crippen molar-refractivity contribution in [3.05, 3.63) is 204 Å². The zero-order valence-electron chi connectivity index (χ0n) is 28.5. The molecule has 0 saturated heterocycles. The molecule has 0 unspecified atom stereocenters. The van der Waals surface area contributed by atoms with Gasteiger partial charge in [-0.3, -0.25) is 4.57 Å². The summed E-state index contributed by atoms with van der Waals surface area (Å²) in [6, 6.07) is 65.5. The van der Waals surface area contributed by atoms with Crippen molar-refractivity contribution in [1.29, 1.82) is 5.26 Å². The highest BCUT2D eigenvalue weighted by molar-refractivity contribution is 7.99. The van der Waals surface area contributed by atoms with Gasteiger partial charge in [-0.1, -0.05) is 133 Å². The minimum atomic E-state index is -0.511. The van der Waals surface area contributed by atoms with Gasteiger partial charge in [-0.25, -0.2) is 4.98 Å². The minimum Gasteiger partial charge on any atom is -0.292 e. The number of fused-ring (bicyclic) bond motifs is 11. The summed E-state index contributed by atoms with van der Waals surface area (Å²) in [5.41, 5.74) is 14.1. The fourth-order valence-corrected chi connectivity index (χ4v) is 10.0. The molecule has 1 aliphatic heterocycles. The van der Waals surface area contributed by atoms with Gasteiger partial charge in [0.05, 0.1) is 28.1 Å². The molecule has 53 heavy (non-hydrogen) atoms. The normalized spacial score (nSPS) is 13.3. The fourth-order valence-electron chi connectivity index (χ4n) is 8.85.